The van der Waals surface area contributed by atoms with E-state index < -0.39 is 42.5 Å². The SMILES string of the molecule is CCCCCCCCO[C@@H]1C(OC(C)=O)C(OC(C)=O)O[C@@H]1COC(C)=O. The first-order valence-corrected chi connectivity index (χ1v) is 9.60. The minimum atomic E-state index is -1.10. The standard InChI is InChI=1S/C19H32O8/c1-5-6-7-8-9-10-11-23-17-16(12-24-13(2)20)27-19(26-15(4)22)18(17)25-14(3)21/h16-19H,5-12H2,1-4H3/t16-,17+,18?,19?/m1/s1. The fraction of sp³-hybridized carbons (Fsp3) is 0.842. The summed E-state index contributed by atoms with van der Waals surface area (Å²) in [6.45, 7) is 6.32. The highest BCUT2D eigenvalue weighted by Crippen LogP contribution is 2.28. The molecule has 0 aliphatic carbocycles. The largest absolute Gasteiger partial charge is 0.463 e. The molecule has 2 unspecified atom stereocenters. The van der Waals surface area contributed by atoms with Gasteiger partial charge in [0.05, 0.1) is 0 Å². The van der Waals surface area contributed by atoms with E-state index >= 15 is 0 Å². The zero-order chi connectivity index (χ0) is 20.2. The van der Waals surface area contributed by atoms with Crippen LogP contribution < -0.4 is 0 Å². The lowest BCUT2D eigenvalue weighted by atomic mass is 10.1. The molecule has 0 amide bonds. The Morgan fingerprint density at radius 3 is 2.04 bits per heavy atom. The van der Waals surface area contributed by atoms with E-state index in [1.54, 1.807) is 0 Å². The number of esters is 3. The van der Waals surface area contributed by atoms with Crippen molar-refractivity contribution in [1.29, 1.82) is 0 Å². The Morgan fingerprint density at radius 1 is 0.815 bits per heavy atom. The van der Waals surface area contributed by atoms with Gasteiger partial charge in [-0.25, -0.2) is 0 Å². The Balaban J connectivity index is 2.67. The fourth-order valence-corrected chi connectivity index (χ4v) is 2.90. The second-order valence-corrected chi connectivity index (χ2v) is 6.63. The van der Waals surface area contributed by atoms with Crippen LogP contribution in [0.2, 0.25) is 0 Å². The summed E-state index contributed by atoms with van der Waals surface area (Å²) in [7, 11) is 0. The van der Waals surface area contributed by atoms with Crippen LogP contribution >= 0.6 is 0 Å². The summed E-state index contributed by atoms with van der Waals surface area (Å²) >= 11 is 0. The van der Waals surface area contributed by atoms with E-state index in [1.165, 1.54) is 40.0 Å². The van der Waals surface area contributed by atoms with Gasteiger partial charge in [-0.15, -0.1) is 0 Å². The van der Waals surface area contributed by atoms with E-state index in [4.69, 9.17) is 23.7 Å². The maximum Gasteiger partial charge on any atom is 0.305 e. The molecule has 1 rings (SSSR count). The van der Waals surface area contributed by atoms with Crippen molar-refractivity contribution in [1.82, 2.24) is 0 Å². The molecule has 8 heteroatoms. The first kappa shape index (κ1) is 23.4. The molecule has 156 valence electrons. The molecule has 1 aliphatic rings. The number of carbonyl (C=O) groups is 3. The van der Waals surface area contributed by atoms with Crippen molar-refractivity contribution < 1.29 is 38.1 Å². The van der Waals surface area contributed by atoms with Gasteiger partial charge in [0.15, 0.2) is 6.10 Å². The van der Waals surface area contributed by atoms with Gasteiger partial charge in [-0.2, -0.15) is 0 Å². The summed E-state index contributed by atoms with van der Waals surface area (Å²) in [4.78, 5) is 33.9. The lowest BCUT2D eigenvalue weighted by Crippen LogP contribution is -2.41. The van der Waals surface area contributed by atoms with Gasteiger partial charge in [0.25, 0.3) is 0 Å². The molecule has 0 saturated carbocycles. The van der Waals surface area contributed by atoms with E-state index in [0.29, 0.717) is 6.61 Å². The second-order valence-electron chi connectivity index (χ2n) is 6.63. The normalized spacial score (nSPS) is 24.4. The average Bonchev–Trinajstić information content (AvgIpc) is 2.88. The zero-order valence-electron chi connectivity index (χ0n) is 16.7. The lowest BCUT2D eigenvalue weighted by Gasteiger charge is -2.23. The smallest absolute Gasteiger partial charge is 0.305 e. The molecule has 0 bridgehead atoms. The van der Waals surface area contributed by atoms with Gasteiger partial charge in [0.1, 0.15) is 18.8 Å². The number of hydrogen-bond donors (Lipinski definition) is 0. The minimum Gasteiger partial charge on any atom is -0.463 e. The van der Waals surface area contributed by atoms with Crippen molar-refractivity contribution in [3.8, 4) is 0 Å². The van der Waals surface area contributed by atoms with Gasteiger partial charge < -0.3 is 23.7 Å². The maximum atomic E-state index is 11.5. The van der Waals surface area contributed by atoms with Crippen molar-refractivity contribution in [2.45, 2.75) is 90.8 Å². The van der Waals surface area contributed by atoms with Gasteiger partial charge in [0, 0.05) is 27.4 Å². The van der Waals surface area contributed by atoms with Crippen LogP contribution in [0.25, 0.3) is 0 Å². The summed E-state index contributed by atoms with van der Waals surface area (Å²) in [6.07, 6.45) is 3.25. The summed E-state index contributed by atoms with van der Waals surface area (Å²) in [5.41, 5.74) is 0. The highest BCUT2D eigenvalue weighted by atomic mass is 16.7. The van der Waals surface area contributed by atoms with E-state index in [9.17, 15) is 14.4 Å². The number of carbonyl (C=O) groups excluding carboxylic acids is 3. The summed E-state index contributed by atoms with van der Waals surface area (Å²) < 4.78 is 26.9. The molecule has 1 fully saturated rings. The Bertz CT molecular complexity index is 478. The molecule has 27 heavy (non-hydrogen) atoms. The van der Waals surface area contributed by atoms with Crippen molar-refractivity contribution in [2.24, 2.45) is 0 Å². The van der Waals surface area contributed by atoms with Crippen LogP contribution in [0, 0.1) is 0 Å². The van der Waals surface area contributed by atoms with Gasteiger partial charge in [0.2, 0.25) is 6.29 Å². The van der Waals surface area contributed by atoms with Crippen LogP contribution in [0.1, 0.15) is 66.2 Å². The highest BCUT2D eigenvalue weighted by Gasteiger charge is 2.50. The van der Waals surface area contributed by atoms with Crippen LogP contribution in [-0.2, 0) is 38.1 Å². The fourth-order valence-electron chi connectivity index (χ4n) is 2.90. The second kappa shape index (κ2) is 12.7. The molecule has 0 N–H and O–H groups in total. The van der Waals surface area contributed by atoms with E-state index in [1.807, 2.05) is 0 Å². The molecule has 0 aromatic rings. The molecule has 4 atom stereocenters. The van der Waals surface area contributed by atoms with Crippen molar-refractivity contribution in [2.75, 3.05) is 13.2 Å². The first-order valence-electron chi connectivity index (χ1n) is 9.60. The van der Waals surface area contributed by atoms with Crippen LogP contribution in [0.5, 0.6) is 0 Å². The molecule has 0 spiro atoms. The zero-order valence-corrected chi connectivity index (χ0v) is 16.7. The van der Waals surface area contributed by atoms with Crippen LogP contribution in [0.15, 0.2) is 0 Å². The molecular formula is C19H32O8. The molecule has 0 aromatic heterocycles. The topological polar surface area (TPSA) is 97.4 Å². The predicted molar refractivity (Wildman–Crippen MR) is 95.7 cm³/mol. The Labute approximate surface area is 160 Å². The third-order valence-corrected chi connectivity index (χ3v) is 4.11. The molecule has 1 heterocycles. The predicted octanol–water partition coefficient (Wildman–Crippen LogP) is 2.51. The van der Waals surface area contributed by atoms with Crippen LogP contribution in [-0.4, -0.2) is 55.7 Å². The molecule has 8 nitrogen and oxygen atoms in total. The van der Waals surface area contributed by atoms with Gasteiger partial charge >= 0.3 is 17.9 Å². The Hall–Kier alpha value is -1.67. The summed E-state index contributed by atoms with van der Waals surface area (Å²) in [6, 6.07) is 0. The molecule has 1 aliphatic heterocycles. The monoisotopic (exact) mass is 388 g/mol. The molecule has 0 aromatic carbocycles. The average molecular weight is 388 g/mol. The third kappa shape index (κ3) is 9.19. The Morgan fingerprint density at radius 2 is 1.44 bits per heavy atom. The maximum absolute atomic E-state index is 11.5. The molecule has 0 radical (unpaired) electrons. The van der Waals surface area contributed by atoms with E-state index in [0.717, 1.165) is 19.3 Å². The van der Waals surface area contributed by atoms with Crippen molar-refractivity contribution >= 4 is 17.9 Å². The van der Waals surface area contributed by atoms with Gasteiger partial charge in [-0.05, 0) is 6.42 Å². The van der Waals surface area contributed by atoms with Gasteiger partial charge in [-0.1, -0.05) is 39.0 Å². The number of ether oxygens (including phenoxy) is 5. The van der Waals surface area contributed by atoms with Crippen molar-refractivity contribution in [3.63, 3.8) is 0 Å². The summed E-state index contributed by atoms with van der Waals surface area (Å²) in [5, 5.41) is 0. The molecule has 1 saturated heterocycles. The highest BCUT2D eigenvalue weighted by molar-refractivity contribution is 5.67. The van der Waals surface area contributed by atoms with E-state index in [2.05, 4.69) is 6.92 Å². The number of unbranched alkanes of at least 4 members (excludes halogenated alkanes) is 5. The lowest BCUT2D eigenvalue weighted by molar-refractivity contribution is -0.197. The molecular weight excluding hydrogens is 356 g/mol. The Kier molecular flexibility index (Phi) is 11.0. The third-order valence-electron chi connectivity index (χ3n) is 4.11. The quantitative estimate of drug-likeness (QED) is 0.286. The first-order chi connectivity index (χ1) is 12.8. The summed E-state index contributed by atoms with van der Waals surface area (Å²) in [5.74, 6) is -1.57. The van der Waals surface area contributed by atoms with Crippen LogP contribution in [0.4, 0.5) is 0 Å². The number of hydrogen-bond acceptors (Lipinski definition) is 8. The minimum absolute atomic E-state index is 0.0774. The van der Waals surface area contributed by atoms with Crippen LogP contribution in [0.3, 0.4) is 0 Å². The number of rotatable bonds is 12. The van der Waals surface area contributed by atoms with Crippen molar-refractivity contribution in [3.05, 3.63) is 0 Å². The van der Waals surface area contributed by atoms with Gasteiger partial charge in [-0.3, -0.25) is 14.4 Å². The van der Waals surface area contributed by atoms with E-state index in [-0.39, 0.29) is 6.61 Å².